The number of hydrogen-bond acceptors (Lipinski definition) is 5. The van der Waals surface area contributed by atoms with Crippen LogP contribution in [0.25, 0.3) is 0 Å². The minimum Gasteiger partial charge on any atom is -0.345 e. The second kappa shape index (κ2) is 5.65. The highest BCUT2D eigenvalue weighted by molar-refractivity contribution is 7.15. The van der Waals surface area contributed by atoms with E-state index in [9.17, 15) is 13.6 Å². The number of piperidine rings is 1. The molecule has 1 aromatic heterocycles. The van der Waals surface area contributed by atoms with Crippen LogP contribution in [-0.2, 0) is 10.2 Å². The van der Waals surface area contributed by atoms with Gasteiger partial charge in [0.1, 0.15) is 5.01 Å². The van der Waals surface area contributed by atoms with E-state index >= 15 is 0 Å². The van der Waals surface area contributed by atoms with E-state index in [2.05, 4.69) is 31.0 Å². The third-order valence-electron chi connectivity index (χ3n) is 4.36. The average Bonchev–Trinajstić information content (AvgIpc) is 2.86. The van der Waals surface area contributed by atoms with Crippen molar-refractivity contribution in [1.82, 2.24) is 15.1 Å². The van der Waals surface area contributed by atoms with Crippen LogP contribution in [0.3, 0.4) is 0 Å². The molecule has 1 aromatic rings. The summed E-state index contributed by atoms with van der Waals surface area (Å²) in [7, 11) is 0. The van der Waals surface area contributed by atoms with Gasteiger partial charge in [-0.05, 0) is 0 Å². The number of aromatic nitrogens is 2. The highest BCUT2D eigenvalue weighted by Gasteiger charge is 2.41. The molecule has 0 atom stereocenters. The quantitative estimate of drug-likeness (QED) is 0.827. The summed E-state index contributed by atoms with van der Waals surface area (Å²) in [4.78, 5) is 16.0. The zero-order valence-corrected chi connectivity index (χ0v) is 14.5. The maximum absolute atomic E-state index is 13.2. The molecule has 0 saturated carbocycles. The Morgan fingerprint density at radius 2 is 1.83 bits per heavy atom. The topological polar surface area (TPSA) is 49.3 Å². The van der Waals surface area contributed by atoms with Gasteiger partial charge in [0.2, 0.25) is 11.0 Å². The number of rotatable bonds is 2. The van der Waals surface area contributed by atoms with Crippen LogP contribution in [0.1, 0.15) is 38.6 Å². The standard InChI is InChI=1S/C15H22F2N4OS/c1-14(2,3)12-18-19-13(23-12)21-8-10(9-21)11(22)20-6-4-15(16,17)5-7-20/h10H,4-9H2,1-3H3. The number of anilines is 1. The Bertz CT molecular complexity index is 583. The average molecular weight is 344 g/mol. The lowest BCUT2D eigenvalue weighted by molar-refractivity contribution is -0.142. The first-order chi connectivity index (χ1) is 10.7. The fourth-order valence-corrected chi connectivity index (χ4v) is 3.67. The lowest BCUT2D eigenvalue weighted by atomic mass is 9.97. The first-order valence-corrected chi connectivity index (χ1v) is 8.73. The van der Waals surface area contributed by atoms with Gasteiger partial charge < -0.3 is 9.80 Å². The van der Waals surface area contributed by atoms with Gasteiger partial charge in [-0.1, -0.05) is 32.1 Å². The molecule has 2 aliphatic rings. The lowest BCUT2D eigenvalue weighted by Gasteiger charge is -2.41. The molecule has 0 aliphatic carbocycles. The van der Waals surface area contributed by atoms with Crippen molar-refractivity contribution >= 4 is 22.4 Å². The number of halogens is 2. The fraction of sp³-hybridized carbons (Fsp3) is 0.800. The number of nitrogens with zero attached hydrogens (tertiary/aromatic N) is 4. The molecule has 128 valence electrons. The third kappa shape index (κ3) is 3.46. The van der Waals surface area contributed by atoms with Gasteiger partial charge >= 0.3 is 0 Å². The summed E-state index contributed by atoms with van der Waals surface area (Å²) < 4.78 is 26.3. The predicted octanol–water partition coefficient (Wildman–Crippen LogP) is 2.53. The van der Waals surface area contributed by atoms with Crippen molar-refractivity contribution in [3.05, 3.63) is 5.01 Å². The van der Waals surface area contributed by atoms with Gasteiger partial charge in [-0.15, -0.1) is 10.2 Å². The van der Waals surface area contributed by atoms with Gasteiger partial charge in [0.15, 0.2) is 0 Å². The van der Waals surface area contributed by atoms with Gasteiger partial charge in [-0.3, -0.25) is 4.79 Å². The van der Waals surface area contributed by atoms with E-state index in [1.54, 1.807) is 16.2 Å². The molecule has 0 radical (unpaired) electrons. The Hall–Kier alpha value is -1.31. The highest BCUT2D eigenvalue weighted by Crippen LogP contribution is 2.34. The molecule has 0 bridgehead atoms. The summed E-state index contributed by atoms with van der Waals surface area (Å²) in [6.07, 6.45) is -0.443. The Morgan fingerprint density at radius 3 is 2.35 bits per heavy atom. The largest absolute Gasteiger partial charge is 0.345 e. The van der Waals surface area contributed by atoms with Crippen LogP contribution >= 0.6 is 11.3 Å². The molecule has 5 nitrogen and oxygen atoms in total. The minimum atomic E-state index is -2.61. The van der Waals surface area contributed by atoms with Crippen molar-refractivity contribution in [2.24, 2.45) is 5.92 Å². The van der Waals surface area contributed by atoms with Crippen LogP contribution in [0.5, 0.6) is 0 Å². The molecule has 3 rings (SSSR count). The van der Waals surface area contributed by atoms with Crippen LogP contribution in [-0.4, -0.2) is 53.1 Å². The number of alkyl halides is 2. The van der Waals surface area contributed by atoms with Crippen molar-refractivity contribution in [1.29, 1.82) is 0 Å². The van der Waals surface area contributed by atoms with E-state index in [4.69, 9.17) is 0 Å². The Kier molecular flexibility index (Phi) is 4.06. The Labute approximate surface area is 138 Å². The molecule has 0 N–H and O–H groups in total. The summed E-state index contributed by atoms with van der Waals surface area (Å²) >= 11 is 1.55. The zero-order chi connectivity index (χ0) is 16.8. The zero-order valence-electron chi connectivity index (χ0n) is 13.7. The van der Waals surface area contributed by atoms with E-state index in [0.717, 1.165) is 10.1 Å². The van der Waals surface area contributed by atoms with Crippen LogP contribution in [0.2, 0.25) is 0 Å². The molecule has 23 heavy (non-hydrogen) atoms. The monoisotopic (exact) mass is 344 g/mol. The Morgan fingerprint density at radius 1 is 1.22 bits per heavy atom. The molecule has 3 heterocycles. The second-order valence-corrected chi connectivity index (χ2v) is 8.38. The number of carbonyl (C=O) groups is 1. The van der Waals surface area contributed by atoms with Gasteiger partial charge in [0.25, 0.3) is 5.92 Å². The molecular formula is C15H22F2N4OS. The molecule has 0 aromatic carbocycles. The summed E-state index contributed by atoms with van der Waals surface area (Å²) in [5.74, 6) is -2.72. The molecule has 2 fully saturated rings. The van der Waals surface area contributed by atoms with Crippen LogP contribution < -0.4 is 4.90 Å². The molecule has 2 saturated heterocycles. The van der Waals surface area contributed by atoms with Gasteiger partial charge in [-0.2, -0.15) is 0 Å². The third-order valence-corrected chi connectivity index (χ3v) is 5.77. The van der Waals surface area contributed by atoms with E-state index in [-0.39, 0.29) is 43.2 Å². The summed E-state index contributed by atoms with van der Waals surface area (Å²) in [5, 5.41) is 10.2. The minimum absolute atomic E-state index is 0.00249. The van der Waals surface area contributed by atoms with Crippen molar-refractivity contribution in [2.75, 3.05) is 31.1 Å². The van der Waals surface area contributed by atoms with Crippen molar-refractivity contribution in [2.45, 2.75) is 45.0 Å². The van der Waals surface area contributed by atoms with Gasteiger partial charge in [0.05, 0.1) is 5.92 Å². The predicted molar refractivity (Wildman–Crippen MR) is 85.1 cm³/mol. The molecular weight excluding hydrogens is 322 g/mol. The van der Waals surface area contributed by atoms with Crippen molar-refractivity contribution in [3.8, 4) is 0 Å². The van der Waals surface area contributed by atoms with E-state index in [1.165, 1.54) is 0 Å². The summed E-state index contributed by atoms with van der Waals surface area (Å²) in [6, 6.07) is 0. The molecule has 1 amide bonds. The fourth-order valence-electron chi connectivity index (χ4n) is 2.75. The van der Waals surface area contributed by atoms with Crippen LogP contribution in [0.4, 0.5) is 13.9 Å². The number of amides is 1. The first-order valence-electron chi connectivity index (χ1n) is 7.91. The van der Waals surface area contributed by atoms with Crippen LogP contribution in [0.15, 0.2) is 0 Å². The number of likely N-dealkylation sites (tertiary alicyclic amines) is 1. The summed E-state index contributed by atoms with van der Waals surface area (Å²) in [6.45, 7) is 7.79. The maximum atomic E-state index is 13.2. The molecule has 0 spiro atoms. The van der Waals surface area contributed by atoms with Gasteiger partial charge in [-0.25, -0.2) is 8.78 Å². The van der Waals surface area contributed by atoms with E-state index in [0.29, 0.717) is 13.1 Å². The van der Waals surface area contributed by atoms with E-state index < -0.39 is 5.92 Å². The number of hydrogen-bond donors (Lipinski definition) is 0. The maximum Gasteiger partial charge on any atom is 0.251 e. The van der Waals surface area contributed by atoms with Crippen molar-refractivity contribution in [3.63, 3.8) is 0 Å². The molecule has 8 heteroatoms. The number of carbonyl (C=O) groups excluding carboxylic acids is 1. The highest BCUT2D eigenvalue weighted by atomic mass is 32.1. The van der Waals surface area contributed by atoms with Crippen LogP contribution in [0, 0.1) is 5.92 Å². The van der Waals surface area contributed by atoms with Crippen molar-refractivity contribution < 1.29 is 13.6 Å². The second-order valence-electron chi connectivity index (χ2n) is 7.42. The normalized spacial score (nSPS) is 22.1. The molecule has 0 unspecified atom stereocenters. The Balaban J connectivity index is 1.53. The van der Waals surface area contributed by atoms with E-state index in [1.807, 2.05) is 4.90 Å². The van der Waals surface area contributed by atoms with Gasteiger partial charge in [0, 0.05) is 44.4 Å². The smallest absolute Gasteiger partial charge is 0.251 e. The summed E-state index contributed by atoms with van der Waals surface area (Å²) in [5.41, 5.74) is -0.0327. The SMILES string of the molecule is CC(C)(C)c1nnc(N2CC(C(=O)N3CCC(F)(F)CC3)C2)s1. The first kappa shape index (κ1) is 16.5. The lowest BCUT2D eigenvalue weighted by Crippen LogP contribution is -2.56. The molecule has 2 aliphatic heterocycles.